The molecule has 3 nitrogen and oxygen atoms in total. The summed E-state index contributed by atoms with van der Waals surface area (Å²) >= 11 is 0. The summed E-state index contributed by atoms with van der Waals surface area (Å²) in [5.74, 6) is -0.134. The van der Waals surface area contributed by atoms with Crippen molar-refractivity contribution in [3.63, 3.8) is 0 Å². The first kappa shape index (κ1) is 13.0. The van der Waals surface area contributed by atoms with Crippen LogP contribution >= 0.6 is 0 Å². The quantitative estimate of drug-likeness (QED) is 0.836. The molecule has 0 saturated carbocycles. The van der Waals surface area contributed by atoms with E-state index >= 15 is 0 Å². The van der Waals surface area contributed by atoms with Crippen molar-refractivity contribution in [2.45, 2.75) is 31.1 Å². The minimum atomic E-state index is -0.167. The third kappa shape index (κ3) is 2.40. The van der Waals surface area contributed by atoms with Gasteiger partial charge in [-0.15, -0.1) is 0 Å². The molecule has 0 radical (unpaired) electrons. The van der Waals surface area contributed by atoms with E-state index in [1.165, 1.54) is 6.07 Å². The molecule has 0 aliphatic carbocycles. The van der Waals surface area contributed by atoms with Crippen LogP contribution in [0.5, 0.6) is 0 Å². The second-order valence-electron chi connectivity index (χ2n) is 5.50. The van der Waals surface area contributed by atoms with Gasteiger partial charge in [0, 0.05) is 38.9 Å². The maximum absolute atomic E-state index is 13.7. The molecule has 2 saturated heterocycles. The predicted octanol–water partition coefficient (Wildman–Crippen LogP) is 2.21. The molecule has 0 bridgehead atoms. The smallest absolute Gasteiger partial charge is 0.127 e. The molecule has 3 rings (SSSR count). The van der Waals surface area contributed by atoms with E-state index in [1.807, 2.05) is 12.1 Å². The molecule has 19 heavy (non-hydrogen) atoms. The number of nitrogens with zero attached hydrogens (tertiary/aromatic N) is 1. The standard InChI is InChI=1S/C15H20FNO2/c1-18-14-10-17(11-15(14)7-4-8-19-15)9-12-5-2-3-6-13(12)16/h2-3,5-6,14H,4,7-11H2,1H3/t14-,15-/m0/s1. The molecular weight excluding hydrogens is 245 g/mol. The Hall–Kier alpha value is -0.970. The van der Waals surface area contributed by atoms with E-state index in [2.05, 4.69) is 4.90 Å². The van der Waals surface area contributed by atoms with Crippen LogP contribution in [0, 0.1) is 5.82 Å². The SMILES string of the molecule is CO[C@H]1CN(Cc2ccccc2F)C[C@@]12CCCO2. The Balaban J connectivity index is 1.72. The van der Waals surface area contributed by atoms with E-state index < -0.39 is 0 Å². The second kappa shape index (κ2) is 5.19. The van der Waals surface area contributed by atoms with E-state index in [-0.39, 0.29) is 17.5 Å². The number of hydrogen-bond donors (Lipinski definition) is 0. The molecule has 2 aliphatic heterocycles. The average Bonchev–Trinajstić information content (AvgIpc) is 3.01. The molecule has 0 amide bonds. The highest BCUT2D eigenvalue weighted by molar-refractivity contribution is 5.18. The number of hydrogen-bond acceptors (Lipinski definition) is 3. The summed E-state index contributed by atoms with van der Waals surface area (Å²) in [6.07, 6.45) is 2.23. The first-order valence-electron chi connectivity index (χ1n) is 6.86. The van der Waals surface area contributed by atoms with Crippen LogP contribution in [0.1, 0.15) is 18.4 Å². The van der Waals surface area contributed by atoms with Crippen molar-refractivity contribution >= 4 is 0 Å². The molecule has 1 spiro atoms. The first-order chi connectivity index (χ1) is 9.23. The van der Waals surface area contributed by atoms with Gasteiger partial charge in [0.25, 0.3) is 0 Å². The summed E-state index contributed by atoms with van der Waals surface area (Å²) in [6.45, 7) is 3.08. The van der Waals surface area contributed by atoms with Crippen LogP contribution in [0.25, 0.3) is 0 Å². The lowest BCUT2D eigenvalue weighted by molar-refractivity contribution is -0.0756. The third-order valence-electron chi connectivity index (χ3n) is 4.27. The molecular formula is C15H20FNO2. The number of benzene rings is 1. The fourth-order valence-electron chi connectivity index (χ4n) is 3.32. The minimum absolute atomic E-state index is 0.0989. The normalized spacial score (nSPS) is 31.4. The summed E-state index contributed by atoms with van der Waals surface area (Å²) in [6, 6.07) is 6.96. The van der Waals surface area contributed by atoms with Gasteiger partial charge in [0.2, 0.25) is 0 Å². The van der Waals surface area contributed by atoms with Crippen LogP contribution in [0.2, 0.25) is 0 Å². The van der Waals surface area contributed by atoms with Gasteiger partial charge in [-0.05, 0) is 18.9 Å². The zero-order valence-corrected chi connectivity index (χ0v) is 11.3. The van der Waals surface area contributed by atoms with E-state index in [0.717, 1.165) is 38.1 Å². The van der Waals surface area contributed by atoms with Crippen molar-refractivity contribution in [2.24, 2.45) is 0 Å². The maximum Gasteiger partial charge on any atom is 0.127 e. The molecule has 2 fully saturated rings. The summed E-state index contributed by atoms with van der Waals surface area (Å²) < 4.78 is 25.2. The molecule has 2 atom stereocenters. The predicted molar refractivity (Wildman–Crippen MR) is 70.4 cm³/mol. The number of likely N-dealkylation sites (tertiary alicyclic amines) is 1. The van der Waals surface area contributed by atoms with Gasteiger partial charge in [-0.2, -0.15) is 0 Å². The minimum Gasteiger partial charge on any atom is -0.377 e. The zero-order valence-electron chi connectivity index (χ0n) is 11.3. The van der Waals surface area contributed by atoms with Crippen molar-refractivity contribution in [3.05, 3.63) is 35.6 Å². The molecule has 1 aromatic rings. The average molecular weight is 265 g/mol. The summed E-state index contributed by atoms with van der Waals surface area (Å²) in [7, 11) is 1.74. The lowest BCUT2D eigenvalue weighted by atomic mass is 9.96. The molecule has 2 heterocycles. The molecule has 0 N–H and O–H groups in total. The van der Waals surface area contributed by atoms with Gasteiger partial charge in [-0.3, -0.25) is 4.90 Å². The fourth-order valence-corrected chi connectivity index (χ4v) is 3.32. The number of methoxy groups -OCH3 is 1. The van der Waals surface area contributed by atoms with Crippen LogP contribution in [0.3, 0.4) is 0 Å². The Morgan fingerprint density at radius 1 is 1.47 bits per heavy atom. The van der Waals surface area contributed by atoms with Gasteiger partial charge >= 0.3 is 0 Å². The molecule has 104 valence electrons. The van der Waals surface area contributed by atoms with E-state index in [0.29, 0.717) is 6.54 Å². The number of halogens is 1. The van der Waals surface area contributed by atoms with E-state index in [1.54, 1.807) is 13.2 Å². The van der Waals surface area contributed by atoms with Crippen LogP contribution in [0.4, 0.5) is 4.39 Å². The van der Waals surface area contributed by atoms with Gasteiger partial charge in [0.05, 0.1) is 6.10 Å². The zero-order chi connectivity index (χ0) is 13.3. The Morgan fingerprint density at radius 2 is 2.32 bits per heavy atom. The lowest BCUT2D eigenvalue weighted by Crippen LogP contribution is -2.41. The highest BCUT2D eigenvalue weighted by Crippen LogP contribution is 2.37. The van der Waals surface area contributed by atoms with Crippen molar-refractivity contribution in [2.75, 3.05) is 26.8 Å². The van der Waals surface area contributed by atoms with Gasteiger partial charge in [0.15, 0.2) is 0 Å². The van der Waals surface area contributed by atoms with E-state index in [9.17, 15) is 4.39 Å². The highest BCUT2D eigenvalue weighted by atomic mass is 19.1. The van der Waals surface area contributed by atoms with Crippen LogP contribution in [0.15, 0.2) is 24.3 Å². The molecule has 0 unspecified atom stereocenters. The topological polar surface area (TPSA) is 21.7 Å². The van der Waals surface area contributed by atoms with Gasteiger partial charge in [-0.1, -0.05) is 18.2 Å². The van der Waals surface area contributed by atoms with Crippen molar-refractivity contribution in [3.8, 4) is 0 Å². The van der Waals surface area contributed by atoms with Gasteiger partial charge < -0.3 is 9.47 Å². The fraction of sp³-hybridized carbons (Fsp3) is 0.600. The first-order valence-corrected chi connectivity index (χ1v) is 6.86. The van der Waals surface area contributed by atoms with Crippen LogP contribution in [-0.2, 0) is 16.0 Å². The van der Waals surface area contributed by atoms with Crippen molar-refractivity contribution in [1.29, 1.82) is 0 Å². The number of rotatable bonds is 3. The maximum atomic E-state index is 13.7. The van der Waals surface area contributed by atoms with Gasteiger partial charge in [0.1, 0.15) is 11.4 Å². The second-order valence-corrected chi connectivity index (χ2v) is 5.50. The van der Waals surface area contributed by atoms with E-state index in [4.69, 9.17) is 9.47 Å². The molecule has 2 aliphatic rings. The lowest BCUT2D eigenvalue weighted by Gasteiger charge is -2.28. The molecule has 1 aromatic carbocycles. The van der Waals surface area contributed by atoms with Gasteiger partial charge in [-0.25, -0.2) is 4.39 Å². The Bertz CT molecular complexity index is 446. The summed E-state index contributed by atoms with van der Waals surface area (Å²) in [5.41, 5.74) is 0.576. The Labute approximate surface area is 113 Å². The third-order valence-corrected chi connectivity index (χ3v) is 4.27. The van der Waals surface area contributed by atoms with Crippen LogP contribution in [-0.4, -0.2) is 43.4 Å². The van der Waals surface area contributed by atoms with Crippen LogP contribution < -0.4 is 0 Å². The van der Waals surface area contributed by atoms with Crippen molar-refractivity contribution in [1.82, 2.24) is 4.90 Å². The monoisotopic (exact) mass is 265 g/mol. The summed E-state index contributed by atoms with van der Waals surface area (Å²) in [5, 5.41) is 0. The Morgan fingerprint density at radius 3 is 3.00 bits per heavy atom. The molecule has 4 heteroatoms. The number of ether oxygens (including phenoxy) is 2. The molecule has 0 aromatic heterocycles. The Kier molecular flexibility index (Phi) is 3.56. The van der Waals surface area contributed by atoms with Crippen molar-refractivity contribution < 1.29 is 13.9 Å². The summed E-state index contributed by atoms with van der Waals surface area (Å²) in [4.78, 5) is 2.23. The largest absolute Gasteiger partial charge is 0.377 e. The highest BCUT2D eigenvalue weighted by Gasteiger charge is 2.49.